The first-order valence-electron chi connectivity index (χ1n) is 8.20. The number of fused-ring (bicyclic) bond motifs is 1. The third-order valence-electron chi connectivity index (χ3n) is 4.41. The number of halogens is 1. The number of rotatable bonds is 3. The second-order valence-corrected chi connectivity index (χ2v) is 6.50. The topological polar surface area (TPSA) is 76.0 Å². The normalized spacial score (nSPS) is 10.9. The van der Waals surface area contributed by atoms with E-state index < -0.39 is 4.92 Å². The molecule has 6 heteroatoms. The van der Waals surface area contributed by atoms with Crippen LogP contribution in [-0.4, -0.2) is 9.91 Å². The van der Waals surface area contributed by atoms with Crippen LogP contribution in [0.5, 0.6) is 0 Å². The summed E-state index contributed by atoms with van der Waals surface area (Å²) in [4.78, 5) is 27.0. The highest BCUT2D eigenvalue weighted by molar-refractivity contribution is 6.30. The summed E-state index contributed by atoms with van der Waals surface area (Å²) in [5.74, 6) is 0. The minimum atomic E-state index is -0.464. The van der Waals surface area contributed by atoms with E-state index in [0.717, 1.165) is 11.1 Å². The summed E-state index contributed by atoms with van der Waals surface area (Å²) in [5.41, 5.74) is 3.08. The van der Waals surface area contributed by atoms with Gasteiger partial charge in [-0.1, -0.05) is 35.9 Å². The molecule has 0 atom stereocenters. The molecule has 1 heterocycles. The number of H-pyrrole nitrogens is 1. The Morgan fingerprint density at radius 1 is 0.852 bits per heavy atom. The van der Waals surface area contributed by atoms with Crippen LogP contribution in [0, 0.1) is 10.1 Å². The Morgan fingerprint density at radius 3 is 2.15 bits per heavy atom. The van der Waals surface area contributed by atoms with Crippen LogP contribution >= 0.6 is 11.6 Å². The Bertz CT molecular complexity index is 1210. The van der Waals surface area contributed by atoms with Crippen molar-refractivity contribution in [3.63, 3.8) is 0 Å². The van der Waals surface area contributed by atoms with Gasteiger partial charge in [0.15, 0.2) is 5.43 Å². The number of pyridine rings is 1. The summed E-state index contributed by atoms with van der Waals surface area (Å²) in [6.07, 6.45) is 0. The lowest BCUT2D eigenvalue weighted by Crippen LogP contribution is -2.09. The molecule has 4 rings (SSSR count). The Balaban J connectivity index is 2.03. The maximum Gasteiger partial charge on any atom is 0.269 e. The van der Waals surface area contributed by atoms with Gasteiger partial charge in [-0.25, -0.2) is 0 Å². The molecule has 0 unspecified atom stereocenters. The molecule has 132 valence electrons. The van der Waals surface area contributed by atoms with E-state index in [4.69, 9.17) is 11.6 Å². The van der Waals surface area contributed by atoms with Gasteiger partial charge in [0, 0.05) is 28.1 Å². The molecule has 5 nitrogen and oxygen atoms in total. The highest BCUT2D eigenvalue weighted by Crippen LogP contribution is 2.31. The van der Waals surface area contributed by atoms with Crippen LogP contribution in [-0.2, 0) is 0 Å². The van der Waals surface area contributed by atoms with Crippen molar-refractivity contribution >= 4 is 28.2 Å². The number of para-hydroxylation sites is 1. The Morgan fingerprint density at radius 2 is 1.48 bits per heavy atom. The van der Waals surface area contributed by atoms with Crippen molar-refractivity contribution in [3.05, 3.63) is 98.2 Å². The molecule has 1 N–H and O–H groups in total. The van der Waals surface area contributed by atoms with Crippen molar-refractivity contribution in [2.24, 2.45) is 0 Å². The van der Waals surface area contributed by atoms with E-state index >= 15 is 0 Å². The Hall–Kier alpha value is -3.44. The van der Waals surface area contributed by atoms with E-state index in [0.29, 0.717) is 27.2 Å². The molecule has 27 heavy (non-hydrogen) atoms. The fourth-order valence-corrected chi connectivity index (χ4v) is 3.22. The zero-order valence-corrected chi connectivity index (χ0v) is 14.7. The van der Waals surface area contributed by atoms with Crippen molar-refractivity contribution < 1.29 is 4.92 Å². The molecule has 0 aliphatic rings. The van der Waals surface area contributed by atoms with Gasteiger partial charge in [-0.05, 0) is 47.5 Å². The van der Waals surface area contributed by atoms with Gasteiger partial charge in [0.2, 0.25) is 0 Å². The smallest absolute Gasteiger partial charge is 0.269 e. The van der Waals surface area contributed by atoms with Gasteiger partial charge in [-0.2, -0.15) is 0 Å². The number of aromatic nitrogens is 1. The molecule has 4 aromatic rings. The van der Waals surface area contributed by atoms with Crippen LogP contribution in [0.4, 0.5) is 5.69 Å². The van der Waals surface area contributed by atoms with E-state index in [1.54, 1.807) is 36.4 Å². The summed E-state index contributed by atoms with van der Waals surface area (Å²) in [6.45, 7) is 0. The average molecular weight is 377 g/mol. The summed E-state index contributed by atoms with van der Waals surface area (Å²) < 4.78 is 0. The van der Waals surface area contributed by atoms with Crippen LogP contribution < -0.4 is 5.43 Å². The average Bonchev–Trinajstić information content (AvgIpc) is 2.69. The number of nitro benzene ring substituents is 1. The first-order chi connectivity index (χ1) is 13.0. The van der Waals surface area contributed by atoms with Gasteiger partial charge < -0.3 is 4.98 Å². The van der Waals surface area contributed by atoms with Crippen molar-refractivity contribution in [2.45, 2.75) is 0 Å². The van der Waals surface area contributed by atoms with E-state index in [9.17, 15) is 14.9 Å². The maximum atomic E-state index is 13.2. The fourth-order valence-electron chi connectivity index (χ4n) is 3.09. The number of nitro groups is 1. The van der Waals surface area contributed by atoms with Gasteiger partial charge in [0.05, 0.1) is 16.2 Å². The molecule has 3 aromatic carbocycles. The van der Waals surface area contributed by atoms with Crippen LogP contribution in [0.1, 0.15) is 0 Å². The lowest BCUT2D eigenvalue weighted by atomic mass is 9.96. The largest absolute Gasteiger partial charge is 0.354 e. The molecule has 0 aliphatic heterocycles. The molecule has 0 spiro atoms. The zero-order chi connectivity index (χ0) is 19.0. The van der Waals surface area contributed by atoms with E-state index in [-0.39, 0.29) is 11.1 Å². The highest BCUT2D eigenvalue weighted by atomic mass is 35.5. The Kier molecular flexibility index (Phi) is 4.22. The summed E-state index contributed by atoms with van der Waals surface area (Å²) in [7, 11) is 0. The first-order valence-corrected chi connectivity index (χ1v) is 8.58. The van der Waals surface area contributed by atoms with Crippen molar-refractivity contribution in [2.75, 3.05) is 0 Å². The minimum Gasteiger partial charge on any atom is -0.354 e. The third-order valence-corrected chi connectivity index (χ3v) is 4.66. The predicted octanol–water partition coefficient (Wildman–Crippen LogP) is 5.42. The lowest BCUT2D eigenvalue weighted by Gasteiger charge is -2.12. The van der Waals surface area contributed by atoms with E-state index in [2.05, 4.69) is 4.98 Å². The molecule has 1 aromatic heterocycles. The molecule has 0 saturated carbocycles. The van der Waals surface area contributed by atoms with Crippen LogP contribution in [0.25, 0.3) is 33.3 Å². The van der Waals surface area contributed by atoms with Gasteiger partial charge >= 0.3 is 0 Å². The predicted molar refractivity (Wildman–Crippen MR) is 107 cm³/mol. The number of non-ortho nitro benzene ring substituents is 1. The van der Waals surface area contributed by atoms with Crippen molar-refractivity contribution in [1.29, 1.82) is 0 Å². The Labute approximate surface area is 159 Å². The third kappa shape index (κ3) is 3.09. The summed E-state index contributed by atoms with van der Waals surface area (Å²) >= 11 is 5.99. The quantitative estimate of drug-likeness (QED) is 0.383. The van der Waals surface area contributed by atoms with Crippen LogP contribution in [0.3, 0.4) is 0 Å². The number of nitrogens with zero attached hydrogens (tertiary/aromatic N) is 1. The maximum absolute atomic E-state index is 13.2. The second-order valence-electron chi connectivity index (χ2n) is 6.06. The van der Waals surface area contributed by atoms with Gasteiger partial charge in [-0.15, -0.1) is 0 Å². The zero-order valence-electron chi connectivity index (χ0n) is 14.0. The lowest BCUT2D eigenvalue weighted by molar-refractivity contribution is -0.384. The molecule has 0 saturated heterocycles. The molecule has 0 aliphatic carbocycles. The molecule has 0 amide bonds. The number of nitrogens with one attached hydrogen (secondary N) is 1. The second kappa shape index (κ2) is 6.70. The number of benzene rings is 3. The molecular formula is C21H13ClN2O3. The number of aromatic amines is 1. The number of hydrogen-bond donors (Lipinski definition) is 1. The minimum absolute atomic E-state index is 0.0241. The van der Waals surface area contributed by atoms with Gasteiger partial charge in [-0.3, -0.25) is 14.9 Å². The van der Waals surface area contributed by atoms with Crippen LogP contribution in [0.2, 0.25) is 5.02 Å². The molecule has 0 fully saturated rings. The van der Waals surface area contributed by atoms with Crippen LogP contribution in [0.15, 0.2) is 77.6 Å². The van der Waals surface area contributed by atoms with E-state index in [1.807, 2.05) is 24.3 Å². The first kappa shape index (κ1) is 17.0. The molecular weight excluding hydrogens is 364 g/mol. The standard InChI is InChI=1S/C21H13ClN2O3/c22-15-9-5-14(6-10-15)20-19(13-7-11-16(12-8-13)24(26)27)21(25)17-3-1-2-4-18(17)23-20/h1-12H,(H,23,25). The summed E-state index contributed by atoms with van der Waals surface area (Å²) in [6, 6.07) is 20.4. The van der Waals surface area contributed by atoms with Gasteiger partial charge in [0.1, 0.15) is 0 Å². The molecule has 0 radical (unpaired) electrons. The van der Waals surface area contributed by atoms with Crippen molar-refractivity contribution in [3.8, 4) is 22.4 Å². The SMILES string of the molecule is O=c1c(-c2ccc([N+](=O)[O-])cc2)c(-c2ccc(Cl)cc2)[nH]c2ccccc12. The van der Waals surface area contributed by atoms with Crippen molar-refractivity contribution in [1.82, 2.24) is 4.98 Å². The van der Waals surface area contributed by atoms with E-state index in [1.165, 1.54) is 12.1 Å². The summed E-state index contributed by atoms with van der Waals surface area (Å²) in [5, 5.41) is 12.1. The molecule has 0 bridgehead atoms. The fraction of sp³-hybridized carbons (Fsp3) is 0. The number of hydrogen-bond acceptors (Lipinski definition) is 3. The highest BCUT2D eigenvalue weighted by Gasteiger charge is 2.16. The monoisotopic (exact) mass is 376 g/mol. The van der Waals surface area contributed by atoms with Gasteiger partial charge in [0.25, 0.3) is 5.69 Å².